The van der Waals surface area contributed by atoms with Crippen molar-refractivity contribution in [2.75, 3.05) is 27.9 Å². The molecular formula is C19H18N2O6. The lowest BCUT2D eigenvalue weighted by Gasteiger charge is -2.10. The fraction of sp³-hybridized carbons (Fsp3) is 0.211. The minimum atomic E-state index is -0.470. The lowest BCUT2D eigenvalue weighted by molar-refractivity contribution is -0.142. The van der Waals surface area contributed by atoms with E-state index < -0.39 is 5.97 Å². The van der Waals surface area contributed by atoms with Crippen molar-refractivity contribution >= 4 is 16.9 Å². The second kappa shape index (κ2) is 7.77. The minimum Gasteiger partial charge on any atom is -0.497 e. The van der Waals surface area contributed by atoms with E-state index in [0.29, 0.717) is 39.5 Å². The summed E-state index contributed by atoms with van der Waals surface area (Å²) < 4.78 is 20.3. The van der Waals surface area contributed by atoms with E-state index in [1.165, 1.54) is 21.3 Å². The first-order valence-electron chi connectivity index (χ1n) is 8.01. The van der Waals surface area contributed by atoms with Crippen molar-refractivity contribution in [3.05, 3.63) is 46.8 Å². The van der Waals surface area contributed by atoms with Crippen LogP contribution in [0.4, 0.5) is 0 Å². The zero-order chi connectivity index (χ0) is 19.4. The predicted octanol–water partition coefficient (Wildman–Crippen LogP) is 2.16. The molecule has 0 saturated carbocycles. The maximum Gasteiger partial charge on any atom is 0.343 e. The van der Waals surface area contributed by atoms with Gasteiger partial charge in [-0.25, -0.2) is 9.78 Å². The molecular weight excluding hydrogens is 352 g/mol. The number of rotatable bonds is 6. The number of aromatic amines is 1. The molecule has 3 rings (SSSR count). The van der Waals surface area contributed by atoms with Gasteiger partial charge in [-0.3, -0.25) is 4.79 Å². The molecule has 0 unspecified atom stereocenters. The highest BCUT2D eigenvalue weighted by Gasteiger charge is 2.13. The predicted molar refractivity (Wildman–Crippen MR) is 98.4 cm³/mol. The number of esters is 1. The van der Waals surface area contributed by atoms with Crippen LogP contribution < -0.4 is 19.8 Å². The van der Waals surface area contributed by atoms with Gasteiger partial charge < -0.3 is 23.9 Å². The third-order valence-corrected chi connectivity index (χ3v) is 3.91. The molecule has 0 amide bonds. The Morgan fingerprint density at radius 2 is 1.78 bits per heavy atom. The first kappa shape index (κ1) is 18.2. The first-order chi connectivity index (χ1) is 13.0. The molecule has 0 bridgehead atoms. The van der Waals surface area contributed by atoms with Crippen molar-refractivity contribution < 1.29 is 23.7 Å². The Bertz CT molecular complexity index is 1030. The van der Waals surface area contributed by atoms with Crippen molar-refractivity contribution in [2.45, 2.75) is 0 Å². The van der Waals surface area contributed by atoms with E-state index in [1.807, 2.05) is 0 Å². The molecule has 0 atom stereocenters. The van der Waals surface area contributed by atoms with Gasteiger partial charge in [0.1, 0.15) is 28.5 Å². The number of benzene rings is 2. The molecule has 0 fully saturated rings. The number of methoxy groups -OCH3 is 3. The lowest BCUT2D eigenvalue weighted by atomic mass is 10.1. The molecule has 27 heavy (non-hydrogen) atoms. The number of nitrogens with one attached hydrogen (secondary N) is 1. The number of aromatic nitrogens is 2. The Balaban J connectivity index is 1.97. The summed E-state index contributed by atoms with van der Waals surface area (Å²) in [6.07, 6.45) is 0. The molecule has 0 aliphatic rings. The molecule has 2 aromatic carbocycles. The second-order valence-electron chi connectivity index (χ2n) is 5.53. The molecule has 0 aliphatic heterocycles. The monoisotopic (exact) mass is 370 g/mol. The Morgan fingerprint density at radius 1 is 1.04 bits per heavy atom. The zero-order valence-electron chi connectivity index (χ0n) is 15.1. The van der Waals surface area contributed by atoms with Crippen molar-refractivity contribution in [1.82, 2.24) is 9.97 Å². The molecule has 1 heterocycles. The van der Waals surface area contributed by atoms with E-state index in [0.717, 1.165) is 0 Å². The Kier molecular flexibility index (Phi) is 5.25. The molecule has 0 aliphatic carbocycles. The Labute approximate surface area is 154 Å². The van der Waals surface area contributed by atoms with Gasteiger partial charge in [-0.1, -0.05) is 0 Å². The number of carbonyl (C=O) groups is 1. The van der Waals surface area contributed by atoms with Gasteiger partial charge in [0.05, 0.1) is 26.8 Å². The van der Waals surface area contributed by atoms with Crippen LogP contribution in [0, 0.1) is 0 Å². The maximum absolute atomic E-state index is 12.5. The SMILES string of the molecule is COC(=O)COc1ccc(-c2nc3cc(OC)cc(OC)c3c(=O)[nH]2)cc1. The smallest absolute Gasteiger partial charge is 0.343 e. The minimum absolute atomic E-state index is 0.180. The summed E-state index contributed by atoms with van der Waals surface area (Å²) in [5.74, 6) is 1.34. The normalized spacial score (nSPS) is 10.5. The van der Waals surface area contributed by atoms with Crippen molar-refractivity contribution in [3.63, 3.8) is 0 Å². The average Bonchev–Trinajstić information content (AvgIpc) is 2.71. The third kappa shape index (κ3) is 3.84. The summed E-state index contributed by atoms with van der Waals surface area (Å²) in [5, 5.41) is 0.347. The second-order valence-corrected chi connectivity index (χ2v) is 5.53. The van der Waals surface area contributed by atoms with Crippen LogP contribution in [-0.2, 0) is 9.53 Å². The molecule has 3 aromatic rings. The Morgan fingerprint density at radius 3 is 2.41 bits per heavy atom. The lowest BCUT2D eigenvalue weighted by Crippen LogP contribution is -2.12. The third-order valence-electron chi connectivity index (χ3n) is 3.91. The van der Waals surface area contributed by atoms with E-state index in [-0.39, 0.29) is 12.2 Å². The van der Waals surface area contributed by atoms with Gasteiger partial charge >= 0.3 is 5.97 Å². The summed E-state index contributed by atoms with van der Waals surface area (Å²) in [6, 6.07) is 10.1. The highest BCUT2D eigenvalue weighted by molar-refractivity contribution is 5.87. The first-order valence-corrected chi connectivity index (χ1v) is 8.01. The number of nitrogens with zero attached hydrogens (tertiary/aromatic N) is 1. The summed E-state index contributed by atoms with van der Waals surface area (Å²) in [7, 11) is 4.30. The summed E-state index contributed by atoms with van der Waals surface area (Å²) >= 11 is 0. The van der Waals surface area contributed by atoms with E-state index in [2.05, 4.69) is 14.7 Å². The molecule has 140 valence electrons. The average molecular weight is 370 g/mol. The van der Waals surface area contributed by atoms with Gasteiger partial charge in [0.2, 0.25) is 0 Å². The van der Waals surface area contributed by atoms with Crippen LogP contribution >= 0.6 is 0 Å². The van der Waals surface area contributed by atoms with Gasteiger partial charge in [0.15, 0.2) is 6.61 Å². The number of hydrogen-bond acceptors (Lipinski definition) is 7. The van der Waals surface area contributed by atoms with Gasteiger partial charge in [-0.05, 0) is 24.3 Å². The van der Waals surface area contributed by atoms with E-state index >= 15 is 0 Å². The summed E-state index contributed by atoms with van der Waals surface area (Å²) in [4.78, 5) is 30.9. The van der Waals surface area contributed by atoms with Crippen LogP contribution in [0.1, 0.15) is 0 Å². The summed E-state index contributed by atoms with van der Waals surface area (Å²) in [5.41, 5.74) is 0.817. The fourth-order valence-corrected chi connectivity index (χ4v) is 2.54. The molecule has 1 N–H and O–H groups in total. The number of hydrogen-bond donors (Lipinski definition) is 1. The number of ether oxygens (including phenoxy) is 4. The quantitative estimate of drug-likeness (QED) is 0.664. The van der Waals surface area contributed by atoms with Crippen LogP contribution in [0.2, 0.25) is 0 Å². The topological polar surface area (TPSA) is 99.7 Å². The molecule has 8 nitrogen and oxygen atoms in total. The highest BCUT2D eigenvalue weighted by Crippen LogP contribution is 2.29. The summed E-state index contributed by atoms with van der Waals surface area (Å²) in [6.45, 7) is -0.180. The largest absolute Gasteiger partial charge is 0.497 e. The number of H-pyrrole nitrogens is 1. The fourth-order valence-electron chi connectivity index (χ4n) is 2.54. The van der Waals surface area contributed by atoms with Crippen LogP contribution in [0.3, 0.4) is 0 Å². The van der Waals surface area contributed by atoms with Crippen molar-refractivity contribution in [2.24, 2.45) is 0 Å². The van der Waals surface area contributed by atoms with Crippen LogP contribution in [0.5, 0.6) is 17.2 Å². The van der Waals surface area contributed by atoms with E-state index in [9.17, 15) is 9.59 Å². The molecule has 0 radical (unpaired) electrons. The van der Waals surface area contributed by atoms with E-state index in [1.54, 1.807) is 36.4 Å². The maximum atomic E-state index is 12.5. The number of carbonyl (C=O) groups excluding carboxylic acids is 1. The molecule has 1 aromatic heterocycles. The Hall–Kier alpha value is -3.55. The van der Waals surface area contributed by atoms with Crippen molar-refractivity contribution in [3.8, 4) is 28.6 Å². The van der Waals surface area contributed by atoms with Gasteiger partial charge in [-0.2, -0.15) is 0 Å². The zero-order valence-corrected chi connectivity index (χ0v) is 15.1. The molecule has 8 heteroatoms. The molecule has 0 spiro atoms. The van der Waals surface area contributed by atoms with Crippen LogP contribution in [0.25, 0.3) is 22.3 Å². The van der Waals surface area contributed by atoms with Gasteiger partial charge in [0.25, 0.3) is 5.56 Å². The van der Waals surface area contributed by atoms with Crippen molar-refractivity contribution in [1.29, 1.82) is 0 Å². The van der Waals surface area contributed by atoms with Gasteiger partial charge in [-0.15, -0.1) is 0 Å². The van der Waals surface area contributed by atoms with Crippen LogP contribution in [-0.4, -0.2) is 43.9 Å². The number of fused-ring (bicyclic) bond motifs is 1. The highest BCUT2D eigenvalue weighted by atomic mass is 16.6. The standard InChI is InChI=1S/C19H18N2O6/c1-24-13-8-14-17(15(9-13)25-2)19(23)21-18(20-14)11-4-6-12(7-5-11)27-10-16(22)26-3/h4-9H,10H2,1-3H3,(H,20,21,23). The van der Waals surface area contributed by atoms with Crippen LogP contribution in [0.15, 0.2) is 41.2 Å². The van der Waals surface area contributed by atoms with Gasteiger partial charge in [0, 0.05) is 17.7 Å². The van der Waals surface area contributed by atoms with E-state index in [4.69, 9.17) is 14.2 Å². The molecule has 0 saturated heterocycles.